The van der Waals surface area contributed by atoms with E-state index in [0.29, 0.717) is 30.8 Å². The van der Waals surface area contributed by atoms with Crippen molar-refractivity contribution in [1.29, 1.82) is 0 Å². The van der Waals surface area contributed by atoms with Crippen molar-refractivity contribution in [3.05, 3.63) is 41.6 Å². The molecule has 25 heavy (non-hydrogen) atoms. The molecule has 1 atom stereocenters. The summed E-state index contributed by atoms with van der Waals surface area (Å²) in [7, 11) is 0. The first-order valence-corrected chi connectivity index (χ1v) is 7.99. The Balaban J connectivity index is 1.75. The van der Waals surface area contributed by atoms with E-state index in [1.807, 2.05) is 4.90 Å². The molecule has 2 N–H and O–H groups in total. The third-order valence-electron chi connectivity index (χ3n) is 4.47. The van der Waals surface area contributed by atoms with Gasteiger partial charge in [0.05, 0.1) is 23.4 Å². The molecule has 1 fully saturated rings. The first-order valence-electron chi connectivity index (χ1n) is 7.99. The Morgan fingerprint density at radius 2 is 2.04 bits per heavy atom. The smallest absolute Gasteiger partial charge is 0.416 e. The second-order valence-corrected chi connectivity index (χ2v) is 6.26. The van der Waals surface area contributed by atoms with E-state index < -0.39 is 17.7 Å². The number of likely N-dealkylation sites (tertiary alicyclic amines) is 1. The number of H-pyrrole nitrogens is 1. The molecule has 5 nitrogen and oxygen atoms in total. The zero-order valence-electron chi connectivity index (χ0n) is 13.4. The van der Waals surface area contributed by atoms with Crippen molar-refractivity contribution < 1.29 is 23.1 Å². The zero-order valence-corrected chi connectivity index (χ0v) is 13.4. The van der Waals surface area contributed by atoms with Gasteiger partial charge in [-0.2, -0.15) is 18.3 Å². The highest BCUT2D eigenvalue weighted by Crippen LogP contribution is 2.31. The van der Waals surface area contributed by atoms with Crippen LogP contribution in [0.25, 0.3) is 11.3 Å². The van der Waals surface area contributed by atoms with Gasteiger partial charge in [-0.1, -0.05) is 12.1 Å². The van der Waals surface area contributed by atoms with E-state index in [1.165, 1.54) is 12.1 Å². The quantitative estimate of drug-likeness (QED) is 0.884. The molecule has 3 rings (SSSR count). The molecule has 2 heterocycles. The number of benzene rings is 1. The van der Waals surface area contributed by atoms with Crippen molar-refractivity contribution >= 4 is 5.97 Å². The number of aromatic nitrogens is 2. The Bertz CT molecular complexity index is 740. The number of hydrogen-bond donors (Lipinski definition) is 2. The van der Waals surface area contributed by atoms with E-state index in [9.17, 15) is 18.0 Å². The molecule has 1 aliphatic heterocycles. The second kappa shape index (κ2) is 6.87. The lowest BCUT2D eigenvalue weighted by molar-refractivity contribution is -0.143. The maximum Gasteiger partial charge on any atom is 0.416 e. The molecular formula is C17H18F3N3O2. The van der Waals surface area contributed by atoms with Gasteiger partial charge in [0, 0.05) is 18.7 Å². The summed E-state index contributed by atoms with van der Waals surface area (Å²) in [6.45, 7) is 1.77. The first kappa shape index (κ1) is 17.5. The van der Waals surface area contributed by atoms with E-state index in [-0.39, 0.29) is 5.92 Å². The first-order chi connectivity index (χ1) is 11.8. The van der Waals surface area contributed by atoms with Gasteiger partial charge < -0.3 is 5.11 Å². The number of piperidine rings is 1. The highest BCUT2D eigenvalue weighted by molar-refractivity contribution is 5.70. The summed E-state index contributed by atoms with van der Waals surface area (Å²) in [5.41, 5.74) is 1.42. The number of carboxylic acids is 1. The zero-order chi connectivity index (χ0) is 18.0. The summed E-state index contributed by atoms with van der Waals surface area (Å²) in [5.74, 6) is -1.17. The lowest BCUT2D eigenvalue weighted by Crippen LogP contribution is -2.38. The van der Waals surface area contributed by atoms with Crippen LogP contribution in [0.5, 0.6) is 0 Å². The number of rotatable bonds is 4. The summed E-state index contributed by atoms with van der Waals surface area (Å²) < 4.78 is 38.0. The van der Waals surface area contributed by atoms with Crippen LogP contribution >= 0.6 is 0 Å². The molecule has 0 radical (unpaired) electrons. The van der Waals surface area contributed by atoms with Gasteiger partial charge in [0.25, 0.3) is 0 Å². The number of aliphatic carboxylic acids is 1. The minimum absolute atomic E-state index is 0.379. The van der Waals surface area contributed by atoms with E-state index in [1.54, 1.807) is 6.20 Å². The molecule has 1 aromatic heterocycles. The standard InChI is InChI=1S/C17H18F3N3O2/c18-17(19,20)14-5-3-11(4-6-14)15-13(8-21-22-15)10-23-7-1-2-12(9-23)16(24)25/h3-6,8,12H,1-2,7,9-10H2,(H,21,22)(H,24,25). The molecule has 0 saturated carbocycles. The third kappa shape index (κ3) is 4.01. The summed E-state index contributed by atoms with van der Waals surface area (Å²) in [4.78, 5) is 13.2. The molecule has 1 saturated heterocycles. The van der Waals surface area contributed by atoms with Crippen molar-refractivity contribution in [2.75, 3.05) is 13.1 Å². The lowest BCUT2D eigenvalue weighted by Gasteiger charge is -2.30. The van der Waals surface area contributed by atoms with E-state index in [2.05, 4.69) is 10.2 Å². The van der Waals surface area contributed by atoms with Crippen molar-refractivity contribution in [1.82, 2.24) is 15.1 Å². The number of nitrogens with zero attached hydrogens (tertiary/aromatic N) is 2. The fourth-order valence-corrected chi connectivity index (χ4v) is 3.15. The van der Waals surface area contributed by atoms with Crippen LogP contribution in [0, 0.1) is 5.92 Å². The molecule has 0 bridgehead atoms. The number of aromatic amines is 1. The van der Waals surface area contributed by atoms with Crippen LogP contribution in [0.15, 0.2) is 30.5 Å². The van der Waals surface area contributed by atoms with Crippen molar-refractivity contribution in [3.8, 4) is 11.3 Å². The Labute approximate surface area is 142 Å². The number of halogens is 3. The Hall–Kier alpha value is -2.35. The fourth-order valence-electron chi connectivity index (χ4n) is 3.15. The maximum absolute atomic E-state index is 12.7. The second-order valence-electron chi connectivity index (χ2n) is 6.26. The predicted octanol–water partition coefficient (Wildman–Crippen LogP) is 3.39. The Morgan fingerprint density at radius 1 is 1.32 bits per heavy atom. The number of alkyl halides is 3. The molecule has 1 aliphatic rings. The maximum atomic E-state index is 12.7. The predicted molar refractivity (Wildman–Crippen MR) is 84.7 cm³/mol. The number of nitrogens with one attached hydrogen (secondary N) is 1. The minimum Gasteiger partial charge on any atom is -0.481 e. The van der Waals surface area contributed by atoms with Gasteiger partial charge in [0.1, 0.15) is 0 Å². The summed E-state index contributed by atoms with van der Waals surface area (Å²) in [6, 6.07) is 4.91. The molecule has 0 amide bonds. The van der Waals surface area contributed by atoms with E-state index >= 15 is 0 Å². The van der Waals surface area contributed by atoms with Crippen molar-refractivity contribution in [2.45, 2.75) is 25.6 Å². The van der Waals surface area contributed by atoms with Crippen LogP contribution in [0.2, 0.25) is 0 Å². The SMILES string of the molecule is O=C(O)C1CCCN(Cc2cn[nH]c2-c2ccc(C(F)(F)F)cc2)C1. The van der Waals surface area contributed by atoms with Gasteiger partial charge in [0.15, 0.2) is 0 Å². The van der Waals surface area contributed by atoms with Gasteiger partial charge in [0.2, 0.25) is 0 Å². The van der Waals surface area contributed by atoms with E-state index in [0.717, 1.165) is 30.7 Å². The third-order valence-corrected chi connectivity index (χ3v) is 4.47. The summed E-state index contributed by atoms with van der Waals surface area (Å²) in [6.07, 6.45) is -1.25. The molecular weight excluding hydrogens is 335 g/mol. The van der Waals surface area contributed by atoms with Crippen LogP contribution in [-0.4, -0.2) is 39.3 Å². The van der Waals surface area contributed by atoms with Crippen LogP contribution in [-0.2, 0) is 17.5 Å². The number of carbonyl (C=O) groups is 1. The van der Waals surface area contributed by atoms with Gasteiger partial charge in [-0.15, -0.1) is 0 Å². The molecule has 1 unspecified atom stereocenters. The molecule has 0 aliphatic carbocycles. The lowest BCUT2D eigenvalue weighted by atomic mass is 9.97. The molecule has 134 valence electrons. The van der Waals surface area contributed by atoms with E-state index in [4.69, 9.17) is 5.11 Å². The molecule has 2 aromatic rings. The van der Waals surface area contributed by atoms with Gasteiger partial charge in [-0.3, -0.25) is 14.8 Å². The van der Waals surface area contributed by atoms with Gasteiger partial charge >= 0.3 is 12.1 Å². The fraction of sp³-hybridized carbons (Fsp3) is 0.412. The van der Waals surface area contributed by atoms with Crippen LogP contribution < -0.4 is 0 Å². The largest absolute Gasteiger partial charge is 0.481 e. The monoisotopic (exact) mass is 353 g/mol. The number of hydrogen-bond acceptors (Lipinski definition) is 3. The van der Waals surface area contributed by atoms with Crippen molar-refractivity contribution in [3.63, 3.8) is 0 Å². The molecule has 1 aromatic carbocycles. The average Bonchev–Trinajstić information content (AvgIpc) is 3.02. The highest BCUT2D eigenvalue weighted by Gasteiger charge is 2.30. The average molecular weight is 353 g/mol. The van der Waals surface area contributed by atoms with Crippen LogP contribution in [0.3, 0.4) is 0 Å². The van der Waals surface area contributed by atoms with Crippen molar-refractivity contribution in [2.24, 2.45) is 5.92 Å². The molecule has 0 spiro atoms. The number of carboxylic acid groups (broad SMARTS) is 1. The highest BCUT2D eigenvalue weighted by atomic mass is 19.4. The summed E-state index contributed by atoms with van der Waals surface area (Å²) >= 11 is 0. The normalized spacial score (nSPS) is 19.1. The Morgan fingerprint density at radius 3 is 2.68 bits per heavy atom. The summed E-state index contributed by atoms with van der Waals surface area (Å²) in [5, 5.41) is 16.0. The van der Waals surface area contributed by atoms with Gasteiger partial charge in [-0.25, -0.2) is 0 Å². The Kier molecular flexibility index (Phi) is 4.80. The minimum atomic E-state index is -4.37. The van der Waals surface area contributed by atoms with Crippen LogP contribution in [0.4, 0.5) is 13.2 Å². The van der Waals surface area contributed by atoms with Gasteiger partial charge in [-0.05, 0) is 37.1 Å². The van der Waals surface area contributed by atoms with Crippen LogP contribution in [0.1, 0.15) is 24.0 Å². The molecule has 8 heteroatoms. The topological polar surface area (TPSA) is 69.2 Å².